The number of phenols is 1. The highest BCUT2D eigenvalue weighted by Crippen LogP contribution is 2.35. The molecule has 0 amide bonds. The third-order valence-electron chi connectivity index (χ3n) is 2.85. The van der Waals surface area contributed by atoms with E-state index in [1.165, 1.54) is 0 Å². The van der Waals surface area contributed by atoms with Crippen LogP contribution in [-0.4, -0.2) is 16.2 Å². The SMILES string of the molecule is CC(C)Cc1cc(C(=O)O)c(O)c(C(C)(C)C)c1. The molecule has 3 nitrogen and oxygen atoms in total. The number of hydrogen-bond acceptors (Lipinski definition) is 2. The molecule has 0 fully saturated rings. The smallest absolute Gasteiger partial charge is 0.339 e. The number of carbonyl (C=O) groups is 1. The lowest BCUT2D eigenvalue weighted by Crippen LogP contribution is -2.14. The maximum absolute atomic E-state index is 11.2. The van der Waals surface area contributed by atoms with Crippen molar-refractivity contribution < 1.29 is 15.0 Å². The Kier molecular flexibility index (Phi) is 4.05. The molecule has 0 bridgehead atoms. The van der Waals surface area contributed by atoms with Crippen molar-refractivity contribution in [1.82, 2.24) is 0 Å². The van der Waals surface area contributed by atoms with Gasteiger partial charge in [-0.2, -0.15) is 0 Å². The van der Waals surface area contributed by atoms with Crippen molar-refractivity contribution in [3.63, 3.8) is 0 Å². The molecule has 0 heterocycles. The summed E-state index contributed by atoms with van der Waals surface area (Å²) in [4.78, 5) is 11.2. The Hall–Kier alpha value is -1.51. The van der Waals surface area contributed by atoms with Crippen LogP contribution in [0.1, 0.15) is 56.1 Å². The summed E-state index contributed by atoms with van der Waals surface area (Å²) in [5.74, 6) is -0.741. The topological polar surface area (TPSA) is 57.5 Å². The van der Waals surface area contributed by atoms with Gasteiger partial charge in [0.2, 0.25) is 0 Å². The molecule has 0 aromatic heterocycles. The number of aromatic carboxylic acids is 1. The van der Waals surface area contributed by atoms with Gasteiger partial charge in [0.1, 0.15) is 11.3 Å². The van der Waals surface area contributed by atoms with Gasteiger partial charge >= 0.3 is 5.97 Å². The van der Waals surface area contributed by atoms with Gasteiger partial charge in [-0.3, -0.25) is 0 Å². The van der Waals surface area contributed by atoms with Crippen molar-refractivity contribution in [2.75, 3.05) is 0 Å². The molecular weight excluding hydrogens is 228 g/mol. The first-order valence-corrected chi connectivity index (χ1v) is 6.22. The van der Waals surface area contributed by atoms with Gasteiger partial charge < -0.3 is 10.2 Å². The molecule has 0 saturated heterocycles. The summed E-state index contributed by atoms with van der Waals surface area (Å²) in [5, 5.41) is 19.2. The molecule has 1 rings (SSSR count). The van der Waals surface area contributed by atoms with Crippen LogP contribution in [0.25, 0.3) is 0 Å². The number of benzene rings is 1. The van der Waals surface area contributed by atoms with E-state index in [9.17, 15) is 9.90 Å². The minimum Gasteiger partial charge on any atom is -0.507 e. The summed E-state index contributed by atoms with van der Waals surface area (Å²) in [6.45, 7) is 10.1. The Morgan fingerprint density at radius 3 is 2.22 bits per heavy atom. The normalized spacial score (nSPS) is 11.9. The number of hydrogen-bond donors (Lipinski definition) is 2. The zero-order valence-corrected chi connectivity index (χ0v) is 11.7. The molecule has 0 aliphatic heterocycles. The van der Waals surface area contributed by atoms with Gasteiger partial charge in [-0.25, -0.2) is 4.79 Å². The number of carboxylic acid groups (broad SMARTS) is 1. The molecule has 3 heteroatoms. The Bertz CT molecular complexity index is 454. The lowest BCUT2D eigenvalue weighted by atomic mass is 9.83. The fourth-order valence-corrected chi connectivity index (χ4v) is 2.02. The first-order chi connectivity index (χ1) is 8.12. The Morgan fingerprint density at radius 2 is 1.83 bits per heavy atom. The average Bonchev–Trinajstić information content (AvgIpc) is 2.17. The predicted molar refractivity (Wildman–Crippen MR) is 72.3 cm³/mol. The highest BCUT2D eigenvalue weighted by molar-refractivity contribution is 5.91. The molecule has 1 aromatic carbocycles. The predicted octanol–water partition coefficient (Wildman–Crippen LogP) is 3.59. The molecule has 0 aliphatic rings. The lowest BCUT2D eigenvalue weighted by Gasteiger charge is -2.23. The van der Waals surface area contributed by atoms with E-state index in [4.69, 9.17) is 5.11 Å². The van der Waals surface area contributed by atoms with Crippen LogP contribution in [0.2, 0.25) is 0 Å². The summed E-state index contributed by atoms with van der Waals surface area (Å²) in [6.07, 6.45) is 0.809. The second-order valence-electron chi connectivity index (χ2n) is 6.19. The molecule has 2 N–H and O–H groups in total. The molecule has 0 unspecified atom stereocenters. The van der Waals surface area contributed by atoms with Crippen LogP contribution in [0.3, 0.4) is 0 Å². The fourth-order valence-electron chi connectivity index (χ4n) is 2.02. The molecule has 0 saturated carbocycles. The molecule has 0 spiro atoms. The minimum atomic E-state index is -1.08. The van der Waals surface area contributed by atoms with Crippen molar-refractivity contribution in [1.29, 1.82) is 0 Å². The van der Waals surface area contributed by atoms with Gasteiger partial charge in [0.05, 0.1) is 0 Å². The quantitative estimate of drug-likeness (QED) is 0.862. The van der Waals surface area contributed by atoms with Crippen molar-refractivity contribution >= 4 is 5.97 Å². The highest BCUT2D eigenvalue weighted by Gasteiger charge is 2.23. The number of rotatable bonds is 3. The summed E-state index contributed by atoms with van der Waals surface area (Å²) in [6, 6.07) is 3.49. The summed E-state index contributed by atoms with van der Waals surface area (Å²) in [5.41, 5.74) is 1.38. The number of aromatic hydroxyl groups is 1. The van der Waals surface area contributed by atoms with E-state index in [0.717, 1.165) is 12.0 Å². The van der Waals surface area contributed by atoms with E-state index in [1.54, 1.807) is 6.07 Å². The van der Waals surface area contributed by atoms with E-state index in [1.807, 2.05) is 26.8 Å². The largest absolute Gasteiger partial charge is 0.507 e. The van der Waals surface area contributed by atoms with E-state index in [0.29, 0.717) is 11.5 Å². The van der Waals surface area contributed by atoms with Gasteiger partial charge in [-0.1, -0.05) is 40.7 Å². The summed E-state index contributed by atoms with van der Waals surface area (Å²) < 4.78 is 0. The monoisotopic (exact) mass is 250 g/mol. The van der Waals surface area contributed by atoms with Gasteiger partial charge in [0.25, 0.3) is 0 Å². The van der Waals surface area contributed by atoms with Crippen molar-refractivity contribution in [3.05, 3.63) is 28.8 Å². The maximum atomic E-state index is 11.2. The van der Waals surface area contributed by atoms with Crippen LogP contribution < -0.4 is 0 Å². The highest BCUT2D eigenvalue weighted by atomic mass is 16.4. The second kappa shape index (κ2) is 5.01. The van der Waals surface area contributed by atoms with Crippen LogP contribution in [-0.2, 0) is 11.8 Å². The van der Waals surface area contributed by atoms with Crippen LogP contribution in [0, 0.1) is 5.92 Å². The fraction of sp³-hybridized carbons (Fsp3) is 0.533. The van der Waals surface area contributed by atoms with Gasteiger partial charge in [0.15, 0.2) is 0 Å². The van der Waals surface area contributed by atoms with E-state index < -0.39 is 5.97 Å². The zero-order valence-electron chi connectivity index (χ0n) is 11.7. The Balaban J connectivity index is 3.42. The molecule has 0 atom stereocenters. The van der Waals surface area contributed by atoms with Crippen LogP contribution >= 0.6 is 0 Å². The number of carboxylic acids is 1. The van der Waals surface area contributed by atoms with Gasteiger partial charge in [-0.15, -0.1) is 0 Å². The first kappa shape index (κ1) is 14.6. The van der Waals surface area contributed by atoms with Gasteiger partial charge in [-0.05, 0) is 29.4 Å². The maximum Gasteiger partial charge on any atom is 0.339 e. The molecular formula is C15H22O3. The Morgan fingerprint density at radius 1 is 1.28 bits per heavy atom. The molecule has 0 radical (unpaired) electrons. The standard InChI is InChI=1S/C15H22O3/c1-9(2)6-10-7-11(14(17)18)13(16)12(8-10)15(3,4)5/h7-9,16H,6H2,1-5H3,(H,17,18). The van der Waals surface area contributed by atoms with Crippen molar-refractivity contribution in [3.8, 4) is 5.75 Å². The van der Waals surface area contributed by atoms with Crippen molar-refractivity contribution in [2.45, 2.75) is 46.5 Å². The first-order valence-electron chi connectivity index (χ1n) is 6.22. The minimum absolute atomic E-state index is 0.00178. The van der Waals surface area contributed by atoms with Crippen LogP contribution in [0.4, 0.5) is 0 Å². The van der Waals surface area contributed by atoms with Crippen LogP contribution in [0.15, 0.2) is 12.1 Å². The average molecular weight is 250 g/mol. The molecule has 100 valence electrons. The van der Waals surface area contributed by atoms with Gasteiger partial charge in [0, 0.05) is 5.56 Å². The van der Waals surface area contributed by atoms with Crippen LogP contribution in [0.5, 0.6) is 5.75 Å². The lowest BCUT2D eigenvalue weighted by molar-refractivity contribution is 0.0693. The third-order valence-corrected chi connectivity index (χ3v) is 2.85. The van der Waals surface area contributed by atoms with Crippen molar-refractivity contribution in [2.24, 2.45) is 5.92 Å². The van der Waals surface area contributed by atoms with E-state index in [-0.39, 0.29) is 16.7 Å². The summed E-state index contributed by atoms with van der Waals surface area (Å²) >= 11 is 0. The Labute approximate surface area is 108 Å². The molecule has 0 aliphatic carbocycles. The molecule has 18 heavy (non-hydrogen) atoms. The molecule has 1 aromatic rings. The van der Waals surface area contributed by atoms with E-state index in [2.05, 4.69) is 13.8 Å². The second-order valence-corrected chi connectivity index (χ2v) is 6.19. The summed E-state index contributed by atoms with van der Waals surface area (Å²) in [7, 11) is 0. The van der Waals surface area contributed by atoms with E-state index >= 15 is 0 Å². The zero-order chi connectivity index (χ0) is 14.1. The third kappa shape index (κ3) is 3.25.